The summed E-state index contributed by atoms with van der Waals surface area (Å²) >= 11 is 0. The first-order chi connectivity index (χ1) is 10.9. The molecule has 8 heteroatoms. The highest BCUT2D eigenvalue weighted by Gasteiger charge is 2.28. The van der Waals surface area contributed by atoms with Gasteiger partial charge in [-0.1, -0.05) is 24.3 Å². The van der Waals surface area contributed by atoms with Gasteiger partial charge in [-0.15, -0.1) is 0 Å². The van der Waals surface area contributed by atoms with Crippen molar-refractivity contribution in [3.63, 3.8) is 0 Å². The number of nitrogens with one attached hydrogen (secondary N) is 1. The third kappa shape index (κ3) is 3.72. The number of aryl methyl sites for hydroxylation is 2. The van der Waals surface area contributed by atoms with Crippen LogP contribution in [0.15, 0.2) is 24.3 Å². The standard InChI is InChI=1S/C15H18N4O4/c1-10-13(19(22)23)14(18(2)17-10)15(21)16-8-7-11-3-5-12(9-20)6-4-11/h3-6,20H,7-9H2,1-2H3,(H,16,21). The molecule has 0 radical (unpaired) electrons. The second-order valence-corrected chi connectivity index (χ2v) is 5.14. The van der Waals surface area contributed by atoms with Crippen molar-refractivity contribution in [2.75, 3.05) is 6.54 Å². The summed E-state index contributed by atoms with van der Waals surface area (Å²) in [5, 5.41) is 26.7. The van der Waals surface area contributed by atoms with E-state index in [-0.39, 0.29) is 23.7 Å². The number of aromatic nitrogens is 2. The van der Waals surface area contributed by atoms with Crippen LogP contribution in [-0.4, -0.2) is 32.3 Å². The average molecular weight is 318 g/mol. The monoisotopic (exact) mass is 318 g/mol. The van der Waals surface area contributed by atoms with E-state index in [0.717, 1.165) is 11.1 Å². The molecule has 1 aromatic heterocycles. The highest BCUT2D eigenvalue weighted by molar-refractivity contribution is 5.96. The fraction of sp³-hybridized carbons (Fsp3) is 0.333. The number of nitro groups is 1. The molecule has 0 atom stereocenters. The summed E-state index contributed by atoms with van der Waals surface area (Å²) in [4.78, 5) is 22.7. The van der Waals surface area contributed by atoms with Crippen molar-refractivity contribution in [3.05, 3.63) is 56.9 Å². The average Bonchev–Trinajstić information content (AvgIpc) is 2.82. The largest absolute Gasteiger partial charge is 0.392 e. The minimum atomic E-state index is -0.592. The van der Waals surface area contributed by atoms with Crippen molar-refractivity contribution in [1.82, 2.24) is 15.1 Å². The van der Waals surface area contributed by atoms with E-state index in [1.165, 1.54) is 18.7 Å². The molecule has 0 aliphatic rings. The number of amides is 1. The van der Waals surface area contributed by atoms with Gasteiger partial charge in [0, 0.05) is 13.6 Å². The third-order valence-corrected chi connectivity index (χ3v) is 3.49. The maximum absolute atomic E-state index is 12.2. The predicted molar refractivity (Wildman–Crippen MR) is 83.0 cm³/mol. The molecule has 0 unspecified atom stereocenters. The molecule has 0 spiro atoms. The normalized spacial score (nSPS) is 10.6. The Bertz CT molecular complexity index is 722. The third-order valence-electron chi connectivity index (χ3n) is 3.49. The van der Waals surface area contributed by atoms with Gasteiger partial charge in [-0.05, 0) is 24.5 Å². The van der Waals surface area contributed by atoms with Gasteiger partial charge >= 0.3 is 5.69 Å². The van der Waals surface area contributed by atoms with E-state index in [2.05, 4.69) is 10.4 Å². The summed E-state index contributed by atoms with van der Waals surface area (Å²) in [7, 11) is 1.50. The maximum Gasteiger partial charge on any atom is 0.322 e. The maximum atomic E-state index is 12.2. The lowest BCUT2D eigenvalue weighted by Crippen LogP contribution is -2.28. The van der Waals surface area contributed by atoms with Crippen molar-refractivity contribution in [2.45, 2.75) is 20.0 Å². The number of nitrogens with zero attached hydrogens (tertiary/aromatic N) is 3. The molecule has 2 rings (SSSR count). The summed E-state index contributed by atoms with van der Waals surface area (Å²) in [5.41, 5.74) is 1.71. The first kappa shape index (κ1) is 16.6. The van der Waals surface area contributed by atoms with Crippen molar-refractivity contribution in [2.24, 2.45) is 7.05 Å². The second kappa shape index (κ2) is 7.01. The molecule has 0 bridgehead atoms. The van der Waals surface area contributed by atoms with Crippen molar-refractivity contribution < 1.29 is 14.8 Å². The molecule has 2 N–H and O–H groups in total. The molecule has 0 saturated heterocycles. The molecule has 1 amide bonds. The number of benzene rings is 1. The highest BCUT2D eigenvalue weighted by atomic mass is 16.6. The van der Waals surface area contributed by atoms with Gasteiger partial charge in [-0.25, -0.2) is 0 Å². The lowest BCUT2D eigenvalue weighted by molar-refractivity contribution is -0.385. The molecule has 8 nitrogen and oxygen atoms in total. The van der Waals surface area contributed by atoms with Crippen LogP contribution in [0.5, 0.6) is 0 Å². The fourth-order valence-electron chi connectivity index (χ4n) is 2.34. The molecule has 1 aromatic carbocycles. The Morgan fingerprint density at radius 2 is 1.96 bits per heavy atom. The fourth-order valence-corrected chi connectivity index (χ4v) is 2.34. The van der Waals surface area contributed by atoms with Gasteiger partial charge in [0.2, 0.25) is 5.69 Å². The van der Waals surface area contributed by atoms with Crippen LogP contribution in [-0.2, 0) is 20.1 Å². The van der Waals surface area contributed by atoms with Crippen LogP contribution in [0.1, 0.15) is 27.3 Å². The smallest absolute Gasteiger partial charge is 0.322 e. The Kier molecular flexibility index (Phi) is 5.07. The predicted octanol–water partition coefficient (Wildman–Crippen LogP) is 1.10. The Labute approximate surface area is 132 Å². The van der Waals surface area contributed by atoms with Gasteiger partial charge in [0.25, 0.3) is 5.91 Å². The first-order valence-electron chi connectivity index (χ1n) is 7.09. The summed E-state index contributed by atoms with van der Waals surface area (Å²) in [6.45, 7) is 1.83. The molecule has 2 aromatic rings. The van der Waals surface area contributed by atoms with E-state index in [1.54, 1.807) is 0 Å². The van der Waals surface area contributed by atoms with Crippen LogP contribution < -0.4 is 5.32 Å². The van der Waals surface area contributed by atoms with Crippen molar-refractivity contribution >= 4 is 11.6 Å². The van der Waals surface area contributed by atoms with Crippen LogP contribution >= 0.6 is 0 Å². The van der Waals surface area contributed by atoms with Crippen molar-refractivity contribution in [3.8, 4) is 0 Å². The zero-order chi connectivity index (χ0) is 17.0. The van der Waals surface area contributed by atoms with Crippen LogP contribution in [0.4, 0.5) is 5.69 Å². The number of hydrogen-bond donors (Lipinski definition) is 2. The minimum Gasteiger partial charge on any atom is -0.392 e. The van der Waals surface area contributed by atoms with Gasteiger partial charge in [0.05, 0.1) is 11.5 Å². The number of carbonyl (C=O) groups excluding carboxylic acids is 1. The number of rotatable bonds is 6. The molecule has 0 fully saturated rings. The molecule has 0 aliphatic carbocycles. The topological polar surface area (TPSA) is 110 Å². The van der Waals surface area contributed by atoms with Crippen molar-refractivity contribution in [1.29, 1.82) is 0 Å². The summed E-state index contributed by atoms with van der Waals surface area (Å²) < 4.78 is 1.22. The number of aliphatic hydroxyl groups excluding tert-OH is 1. The summed E-state index contributed by atoms with van der Waals surface area (Å²) in [6, 6.07) is 7.36. The van der Waals surface area contributed by atoms with E-state index in [9.17, 15) is 14.9 Å². The second-order valence-electron chi connectivity index (χ2n) is 5.14. The van der Waals surface area contributed by atoms with Gasteiger partial charge in [0.15, 0.2) is 0 Å². The molecule has 23 heavy (non-hydrogen) atoms. The van der Waals surface area contributed by atoms with Crippen LogP contribution in [0.3, 0.4) is 0 Å². The van der Waals surface area contributed by atoms with Gasteiger partial charge in [-0.3, -0.25) is 19.6 Å². The lowest BCUT2D eigenvalue weighted by atomic mass is 10.1. The zero-order valence-corrected chi connectivity index (χ0v) is 12.9. The summed E-state index contributed by atoms with van der Waals surface area (Å²) in [6.07, 6.45) is 0.585. The van der Waals surface area contributed by atoms with E-state index in [0.29, 0.717) is 13.0 Å². The van der Waals surface area contributed by atoms with Crippen LogP contribution in [0.2, 0.25) is 0 Å². The molecular formula is C15H18N4O4. The number of carbonyl (C=O) groups is 1. The lowest BCUT2D eigenvalue weighted by Gasteiger charge is -2.06. The van der Waals surface area contributed by atoms with Crippen LogP contribution in [0, 0.1) is 17.0 Å². The number of aliphatic hydroxyl groups is 1. The Hall–Kier alpha value is -2.74. The summed E-state index contributed by atoms with van der Waals surface area (Å²) in [5.74, 6) is -0.522. The minimum absolute atomic E-state index is 0.0134. The number of hydrogen-bond acceptors (Lipinski definition) is 5. The highest BCUT2D eigenvalue weighted by Crippen LogP contribution is 2.21. The SMILES string of the molecule is Cc1nn(C)c(C(=O)NCCc2ccc(CO)cc2)c1[N+](=O)[O-]. The Morgan fingerprint density at radius 1 is 1.35 bits per heavy atom. The van der Waals surface area contributed by atoms with Crippen LogP contribution in [0.25, 0.3) is 0 Å². The molecule has 0 saturated carbocycles. The zero-order valence-electron chi connectivity index (χ0n) is 12.9. The molecular weight excluding hydrogens is 300 g/mol. The van der Waals surface area contributed by atoms with Gasteiger partial charge in [-0.2, -0.15) is 5.10 Å². The van der Waals surface area contributed by atoms with E-state index >= 15 is 0 Å². The Morgan fingerprint density at radius 3 is 2.52 bits per heavy atom. The van der Waals surface area contributed by atoms with E-state index in [4.69, 9.17) is 5.11 Å². The molecule has 122 valence electrons. The Balaban J connectivity index is 2.01. The molecule has 1 heterocycles. The van der Waals surface area contributed by atoms with E-state index in [1.807, 2.05) is 24.3 Å². The van der Waals surface area contributed by atoms with Gasteiger partial charge < -0.3 is 10.4 Å². The quantitative estimate of drug-likeness (QED) is 0.612. The van der Waals surface area contributed by atoms with Gasteiger partial charge in [0.1, 0.15) is 5.69 Å². The van der Waals surface area contributed by atoms with E-state index < -0.39 is 10.8 Å². The first-order valence-corrected chi connectivity index (χ1v) is 7.09. The molecule has 0 aliphatic heterocycles.